The van der Waals surface area contributed by atoms with E-state index in [1.54, 1.807) is 6.92 Å². The smallest absolute Gasteiger partial charge is 0.270 e. The van der Waals surface area contributed by atoms with Gasteiger partial charge in [0.25, 0.3) is 10.1 Å². The first-order valence-corrected chi connectivity index (χ1v) is 7.36. The predicted octanol–water partition coefficient (Wildman–Crippen LogP) is 2.57. The largest absolute Gasteiger partial charge is 0.270 e. The summed E-state index contributed by atoms with van der Waals surface area (Å²) in [6.07, 6.45) is 3.86. The Hall–Kier alpha value is -0.0900. The fourth-order valence-electron chi connectivity index (χ4n) is 2.63. The summed E-state index contributed by atoms with van der Waals surface area (Å²) in [4.78, 5) is 0. The number of hydrogen-bond acceptors (Lipinski definition) is 3. The van der Waals surface area contributed by atoms with Crippen molar-refractivity contribution in [1.82, 2.24) is 0 Å². The zero-order valence-corrected chi connectivity index (χ0v) is 10.7. The van der Waals surface area contributed by atoms with Crippen molar-refractivity contribution in [1.29, 1.82) is 0 Å². The molecule has 15 heavy (non-hydrogen) atoms. The molecule has 0 heterocycles. The molecule has 0 bridgehead atoms. The molecule has 0 aromatic rings. The third-order valence-electron chi connectivity index (χ3n) is 3.18. The van der Waals surface area contributed by atoms with Gasteiger partial charge in [0.1, 0.15) is 0 Å². The molecule has 0 aromatic carbocycles. The summed E-state index contributed by atoms with van der Waals surface area (Å²) < 4.78 is 28.6. The summed E-state index contributed by atoms with van der Waals surface area (Å²) >= 11 is 0. The van der Waals surface area contributed by atoms with Crippen molar-refractivity contribution in [2.24, 2.45) is 11.8 Å². The molecule has 0 aromatic heterocycles. The van der Waals surface area contributed by atoms with Crippen LogP contribution in [0.4, 0.5) is 0 Å². The topological polar surface area (TPSA) is 43.4 Å². The van der Waals surface area contributed by atoms with E-state index < -0.39 is 10.1 Å². The van der Waals surface area contributed by atoms with Gasteiger partial charge in [-0.25, -0.2) is 0 Å². The first-order chi connectivity index (χ1) is 7.01. The van der Waals surface area contributed by atoms with Crippen LogP contribution in [0.25, 0.3) is 0 Å². The molecule has 1 fully saturated rings. The van der Waals surface area contributed by atoms with Crippen molar-refractivity contribution in [3.63, 3.8) is 0 Å². The summed E-state index contributed by atoms with van der Waals surface area (Å²) in [6, 6.07) is 0. The van der Waals surface area contributed by atoms with Crippen molar-refractivity contribution >= 4 is 10.1 Å². The summed E-state index contributed by atoms with van der Waals surface area (Å²) in [5.74, 6) is 0.823. The molecule has 4 heteroatoms. The van der Waals surface area contributed by atoms with Crippen LogP contribution in [0.1, 0.15) is 46.5 Å². The minimum absolute atomic E-state index is 0.256. The molecule has 1 rings (SSSR count). The third kappa shape index (κ3) is 3.18. The van der Waals surface area contributed by atoms with Crippen LogP contribution in [-0.2, 0) is 14.3 Å². The highest BCUT2D eigenvalue weighted by Crippen LogP contribution is 2.38. The summed E-state index contributed by atoms with van der Waals surface area (Å²) in [5.41, 5.74) is 0. The maximum atomic E-state index is 11.8. The second-order valence-electron chi connectivity index (χ2n) is 4.56. The van der Waals surface area contributed by atoms with Gasteiger partial charge in [0.05, 0.1) is 11.9 Å². The van der Waals surface area contributed by atoms with E-state index in [1.807, 2.05) is 0 Å². The second-order valence-corrected chi connectivity index (χ2v) is 6.39. The minimum Gasteiger partial charge on any atom is -0.270 e. The summed E-state index contributed by atoms with van der Waals surface area (Å²) in [6.45, 7) is 6.22. The number of rotatable bonds is 5. The van der Waals surface area contributed by atoms with Gasteiger partial charge in [0, 0.05) is 0 Å². The molecule has 1 aliphatic carbocycles. The van der Waals surface area contributed by atoms with E-state index in [0.29, 0.717) is 11.8 Å². The summed E-state index contributed by atoms with van der Waals surface area (Å²) in [5, 5.41) is -0.257. The van der Waals surface area contributed by atoms with E-state index in [2.05, 4.69) is 13.8 Å². The summed E-state index contributed by atoms with van der Waals surface area (Å²) in [7, 11) is -3.31. The highest BCUT2D eigenvalue weighted by Gasteiger charge is 2.40. The Morgan fingerprint density at radius 3 is 2.47 bits per heavy atom. The van der Waals surface area contributed by atoms with Gasteiger partial charge in [0.2, 0.25) is 0 Å². The average Bonchev–Trinajstić information content (AvgIpc) is 2.48. The second kappa shape index (κ2) is 5.30. The van der Waals surface area contributed by atoms with Gasteiger partial charge in [0.15, 0.2) is 0 Å². The van der Waals surface area contributed by atoms with Crippen LogP contribution in [-0.4, -0.2) is 20.3 Å². The van der Waals surface area contributed by atoms with Crippen LogP contribution in [0.2, 0.25) is 0 Å². The van der Waals surface area contributed by atoms with Gasteiger partial charge >= 0.3 is 0 Å². The first kappa shape index (κ1) is 13.0. The highest BCUT2D eigenvalue weighted by molar-refractivity contribution is 7.87. The Labute approximate surface area is 93.3 Å². The Bertz CT molecular complexity index is 284. The van der Waals surface area contributed by atoms with Crippen molar-refractivity contribution in [2.45, 2.75) is 51.7 Å². The molecule has 0 aliphatic heterocycles. The zero-order chi connectivity index (χ0) is 11.5. The molecule has 90 valence electrons. The quantitative estimate of drug-likeness (QED) is 0.687. The van der Waals surface area contributed by atoms with Gasteiger partial charge in [-0.15, -0.1) is 0 Å². The van der Waals surface area contributed by atoms with Gasteiger partial charge < -0.3 is 0 Å². The molecule has 0 radical (unpaired) electrons. The Morgan fingerprint density at radius 1 is 1.27 bits per heavy atom. The molecule has 0 saturated heterocycles. The monoisotopic (exact) mass is 234 g/mol. The molecule has 1 saturated carbocycles. The lowest BCUT2D eigenvalue weighted by molar-refractivity contribution is 0.321. The number of hydrogen-bond donors (Lipinski definition) is 0. The molecule has 3 unspecified atom stereocenters. The van der Waals surface area contributed by atoms with E-state index in [9.17, 15) is 8.42 Å². The molecular formula is C11H22O3S. The highest BCUT2D eigenvalue weighted by atomic mass is 32.2. The SMILES string of the molecule is CCCC1CC(C)CC1S(=O)(=O)OCC. The van der Waals surface area contributed by atoms with Gasteiger partial charge in [-0.3, -0.25) is 4.18 Å². The van der Waals surface area contributed by atoms with Crippen molar-refractivity contribution in [2.75, 3.05) is 6.61 Å². The fraction of sp³-hybridized carbons (Fsp3) is 1.00. The minimum atomic E-state index is -3.31. The predicted molar refractivity (Wildman–Crippen MR) is 61.1 cm³/mol. The molecular weight excluding hydrogens is 212 g/mol. The maximum Gasteiger partial charge on any atom is 0.270 e. The van der Waals surface area contributed by atoms with E-state index >= 15 is 0 Å². The molecule has 1 aliphatic rings. The molecule has 0 amide bonds. The normalized spacial score (nSPS) is 32.1. The maximum absolute atomic E-state index is 11.8. The molecule has 0 spiro atoms. The van der Waals surface area contributed by atoms with E-state index in [0.717, 1.165) is 25.7 Å². The van der Waals surface area contributed by atoms with Crippen LogP contribution in [0.5, 0.6) is 0 Å². The van der Waals surface area contributed by atoms with E-state index in [1.165, 1.54) is 0 Å². The molecule has 0 N–H and O–H groups in total. The Kier molecular flexibility index (Phi) is 4.59. The van der Waals surface area contributed by atoms with Crippen LogP contribution in [0.15, 0.2) is 0 Å². The van der Waals surface area contributed by atoms with E-state index in [-0.39, 0.29) is 11.9 Å². The Morgan fingerprint density at radius 2 is 1.93 bits per heavy atom. The average molecular weight is 234 g/mol. The van der Waals surface area contributed by atoms with Crippen LogP contribution >= 0.6 is 0 Å². The lowest BCUT2D eigenvalue weighted by Gasteiger charge is -2.18. The zero-order valence-electron chi connectivity index (χ0n) is 9.90. The van der Waals surface area contributed by atoms with Crippen LogP contribution < -0.4 is 0 Å². The van der Waals surface area contributed by atoms with Gasteiger partial charge in [-0.1, -0.05) is 20.3 Å². The standard InChI is InChI=1S/C11H22O3S/c1-4-6-10-7-9(3)8-11(10)15(12,13)14-5-2/h9-11H,4-8H2,1-3H3. The molecule has 3 nitrogen and oxygen atoms in total. The molecule has 3 atom stereocenters. The van der Waals surface area contributed by atoms with Crippen molar-refractivity contribution < 1.29 is 12.6 Å². The van der Waals surface area contributed by atoms with Crippen molar-refractivity contribution in [3.05, 3.63) is 0 Å². The third-order valence-corrected chi connectivity index (χ3v) is 5.06. The lowest BCUT2D eigenvalue weighted by Crippen LogP contribution is -2.27. The van der Waals surface area contributed by atoms with Gasteiger partial charge in [-0.2, -0.15) is 8.42 Å². The first-order valence-electron chi connectivity index (χ1n) is 5.89. The van der Waals surface area contributed by atoms with Crippen molar-refractivity contribution in [3.8, 4) is 0 Å². The van der Waals surface area contributed by atoms with E-state index in [4.69, 9.17) is 4.18 Å². The van der Waals surface area contributed by atoms with Crippen LogP contribution in [0, 0.1) is 11.8 Å². The van der Waals surface area contributed by atoms with Crippen LogP contribution in [0.3, 0.4) is 0 Å². The lowest BCUT2D eigenvalue weighted by atomic mass is 10.0. The van der Waals surface area contributed by atoms with Gasteiger partial charge in [-0.05, 0) is 38.0 Å². The Balaban J connectivity index is 2.74. The fourth-order valence-corrected chi connectivity index (χ4v) is 4.42.